The van der Waals surface area contributed by atoms with Gasteiger partial charge >= 0.3 is 5.97 Å². The van der Waals surface area contributed by atoms with Gasteiger partial charge in [0.1, 0.15) is 11.9 Å². The van der Waals surface area contributed by atoms with Crippen molar-refractivity contribution in [2.24, 2.45) is 11.7 Å². The highest BCUT2D eigenvalue weighted by Crippen LogP contribution is 2.31. The van der Waals surface area contributed by atoms with Gasteiger partial charge in [-0.05, 0) is 18.2 Å². The predicted octanol–water partition coefficient (Wildman–Crippen LogP) is 1.04. The molecule has 1 aliphatic heterocycles. The van der Waals surface area contributed by atoms with E-state index in [0.29, 0.717) is 6.54 Å². The van der Waals surface area contributed by atoms with Crippen molar-refractivity contribution in [3.05, 3.63) is 29.8 Å². The fraction of sp³-hybridized carbons (Fsp3) is 0.417. The highest BCUT2D eigenvalue weighted by atomic mass is 16.5. The molecule has 4 heteroatoms. The molecule has 0 spiro atoms. The Bertz CT molecular complexity index is 367. The number of carboxylic acid groups (broad SMARTS) is 1. The second-order valence-electron chi connectivity index (χ2n) is 4.06. The molecule has 3 N–H and O–H groups in total. The summed E-state index contributed by atoms with van der Waals surface area (Å²) in [6, 6.07) is 7.78. The summed E-state index contributed by atoms with van der Waals surface area (Å²) in [5.74, 6) is -0.0868. The molecule has 4 nitrogen and oxygen atoms in total. The second-order valence-corrected chi connectivity index (χ2v) is 4.06. The largest absolute Gasteiger partial charge is 0.489 e. The van der Waals surface area contributed by atoms with E-state index >= 15 is 0 Å². The van der Waals surface area contributed by atoms with Crippen LogP contribution in [0.4, 0.5) is 0 Å². The molecule has 2 rings (SSSR count). The maximum absolute atomic E-state index is 10.7. The number of rotatable bonds is 4. The van der Waals surface area contributed by atoms with Gasteiger partial charge in [-0.25, -0.2) is 0 Å². The molecule has 1 heterocycles. The number of para-hydroxylation sites is 1. The van der Waals surface area contributed by atoms with E-state index < -0.39 is 5.97 Å². The molecule has 0 aliphatic carbocycles. The summed E-state index contributed by atoms with van der Waals surface area (Å²) in [7, 11) is 0. The molecule has 0 fully saturated rings. The number of nitrogens with two attached hydrogens (primary N) is 1. The molecule has 86 valence electrons. The standard InChI is InChI=1S/C12H15NO3/c13-7-9(6-12(14)15)11-5-8-3-1-2-4-10(8)16-11/h1-4,9,11H,5-7,13H2,(H,14,15). The van der Waals surface area contributed by atoms with Crippen LogP contribution in [0.1, 0.15) is 12.0 Å². The Kier molecular flexibility index (Phi) is 3.10. The molecule has 0 bridgehead atoms. The molecule has 0 saturated carbocycles. The van der Waals surface area contributed by atoms with E-state index in [1.165, 1.54) is 0 Å². The first-order valence-electron chi connectivity index (χ1n) is 5.37. The van der Waals surface area contributed by atoms with Crippen molar-refractivity contribution in [2.45, 2.75) is 18.9 Å². The number of benzene rings is 1. The average molecular weight is 221 g/mol. The van der Waals surface area contributed by atoms with Gasteiger partial charge in [-0.2, -0.15) is 0 Å². The van der Waals surface area contributed by atoms with Crippen LogP contribution in [0.2, 0.25) is 0 Å². The second kappa shape index (κ2) is 4.53. The summed E-state index contributed by atoms with van der Waals surface area (Å²) in [4.78, 5) is 10.7. The molecule has 1 aromatic rings. The number of fused-ring (bicyclic) bond motifs is 1. The predicted molar refractivity (Wildman–Crippen MR) is 59.4 cm³/mol. The Labute approximate surface area is 94.0 Å². The lowest BCUT2D eigenvalue weighted by atomic mass is 9.95. The summed E-state index contributed by atoms with van der Waals surface area (Å²) in [5.41, 5.74) is 6.73. The number of carboxylic acids is 1. The fourth-order valence-corrected chi connectivity index (χ4v) is 2.06. The van der Waals surface area contributed by atoms with Crippen molar-refractivity contribution in [1.82, 2.24) is 0 Å². The molecule has 0 saturated heterocycles. The quantitative estimate of drug-likeness (QED) is 0.796. The van der Waals surface area contributed by atoms with Crippen molar-refractivity contribution in [1.29, 1.82) is 0 Å². The Hall–Kier alpha value is -1.55. The van der Waals surface area contributed by atoms with Crippen LogP contribution in [-0.2, 0) is 11.2 Å². The van der Waals surface area contributed by atoms with Gasteiger partial charge in [0.05, 0.1) is 6.42 Å². The minimum absolute atomic E-state index is 0.0646. The van der Waals surface area contributed by atoms with Crippen LogP contribution in [-0.4, -0.2) is 23.7 Å². The van der Waals surface area contributed by atoms with Gasteiger partial charge in [-0.15, -0.1) is 0 Å². The SMILES string of the molecule is NCC(CC(=O)O)C1Cc2ccccc2O1. The normalized spacial score (nSPS) is 19.9. The maximum Gasteiger partial charge on any atom is 0.303 e. The van der Waals surface area contributed by atoms with Crippen molar-refractivity contribution in [3.8, 4) is 5.75 Å². The minimum Gasteiger partial charge on any atom is -0.489 e. The first kappa shape index (κ1) is 11.0. The van der Waals surface area contributed by atoms with E-state index in [4.69, 9.17) is 15.6 Å². The van der Waals surface area contributed by atoms with Gasteiger partial charge in [0.15, 0.2) is 0 Å². The van der Waals surface area contributed by atoms with E-state index in [9.17, 15) is 4.79 Å². The number of carbonyl (C=O) groups is 1. The molecule has 0 aromatic heterocycles. The third-order valence-electron chi connectivity index (χ3n) is 2.94. The third-order valence-corrected chi connectivity index (χ3v) is 2.94. The lowest BCUT2D eigenvalue weighted by molar-refractivity contribution is -0.138. The van der Waals surface area contributed by atoms with Crippen LogP contribution in [0.3, 0.4) is 0 Å². The summed E-state index contributed by atoms with van der Waals surface area (Å²) in [5, 5.41) is 8.78. The number of hydrogen-bond acceptors (Lipinski definition) is 3. The Morgan fingerprint density at radius 2 is 2.31 bits per heavy atom. The molecule has 2 atom stereocenters. The molecular formula is C12H15NO3. The molecule has 2 unspecified atom stereocenters. The van der Waals surface area contributed by atoms with Gasteiger partial charge in [0.25, 0.3) is 0 Å². The molecule has 0 amide bonds. The van der Waals surface area contributed by atoms with E-state index in [0.717, 1.165) is 17.7 Å². The van der Waals surface area contributed by atoms with Crippen LogP contribution in [0.15, 0.2) is 24.3 Å². The van der Waals surface area contributed by atoms with Gasteiger partial charge in [0.2, 0.25) is 0 Å². The monoisotopic (exact) mass is 221 g/mol. The lowest BCUT2D eigenvalue weighted by Gasteiger charge is -2.19. The zero-order valence-electron chi connectivity index (χ0n) is 8.93. The van der Waals surface area contributed by atoms with Crippen molar-refractivity contribution in [3.63, 3.8) is 0 Å². The van der Waals surface area contributed by atoms with Crippen LogP contribution in [0, 0.1) is 5.92 Å². The zero-order chi connectivity index (χ0) is 11.5. The van der Waals surface area contributed by atoms with Crippen LogP contribution < -0.4 is 10.5 Å². The number of hydrogen-bond donors (Lipinski definition) is 2. The Morgan fingerprint density at radius 1 is 1.56 bits per heavy atom. The molecule has 1 aromatic carbocycles. The van der Waals surface area contributed by atoms with Crippen molar-refractivity contribution < 1.29 is 14.6 Å². The summed E-state index contributed by atoms with van der Waals surface area (Å²) in [6.45, 7) is 0.338. The molecule has 0 radical (unpaired) electrons. The minimum atomic E-state index is -0.824. The summed E-state index contributed by atoms with van der Waals surface area (Å²) >= 11 is 0. The van der Waals surface area contributed by atoms with E-state index in [-0.39, 0.29) is 18.4 Å². The first-order chi connectivity index (χ1) is 7.70. The van der Waals surface area contributed by atoms with Gasteiger partial charge in [0, 0.05) is 12.3 Å². The Morgan fingerprint density at radius 3 is 2.94 bits per heavy atom. The third kappa shape index (κ3) is 2.17. The van der Waals surface area contributed by atoms with Crippen molar-refractivity contribution >= 4 is 5.97 Å². The topological polar surface area (TPSA) is 72.6 Å². The van der Waals surface area contributed by atoms with Crippen molar-refractivity contribution in [2.75, 3.05) is 6.54 Å². The Balaban J connectivity index is 2.06. The maximum atomic E-state index is 10.7. The smallest absolute Gasteiger partial charge is 0.303 e. The first-order valence-corrected chi connectivity index (χ1v) is 5.37. The van der Waals surface area contributed by atoms with Crippen LogP contribution >= 0.6 is 0 Å². The van der Waals surface area contributed by atoms with Crippen LogP contribution in [0.5, 0.6) is 5.75 Å². The van der Waals surface area contributed by atoms with Gasteiger partial charge < -0.3 is 15.6 Å². The van der Waals surface area contributed by atoms with E-state index in [1.807, 2.05) is 24.3 Å². The number of ether oxygens (including phenoxy) is 1. The molecule has 16 heavy (non-hydrogen) atoms. The molecular weight excluding hydrogens is 206 g/mol. The lowest BCUT2D eigenvalue weighted by Crippen LogP contribution is -2.33. The summed E-state index contributed by atoms with van der Waals surface area (Å²) in [6.07, 6.45) is 0.721. The zero-order valence-corrected chi connectivity index (χ0v) is 8.93. The number of aliphatic carboxylic acids is 1. The molecule has 1 aliphatic rings. The van der Waals surface area contributed by atoms with Crippen LogP contribution in [0.25, 0.3) is 0 Å². The van der Waals surface area contributed by atoms with Gasteiger partial charge in [-0.3, -0.25) is 4.79 Å². The van der Waals surface area contributed by atoms with E-state index in [2.05, 4.69) is 0 Å². The fourth-order valence-electron chi connectivity index (χ4n) is 2.06. The van der Waals surface area contributed by atoms with E-state index in [1.54, 1.807) is 0 Å². The highest BCUT2D eigenvalue weighted by molar-refractivity contribution is 5.67. The highest BCUT2D eigenvalue weighted by Gasteiger charge is 2.30. The summed E-state index contributed by atoms with van der Waals surface area (Å²) < 4.78 is 5.72. The van der Waals surface area contributed by atoms with Gasteiger partial charge in [-0.1, -0.05) is 18.2 Å². The average Bonchev–Trinajstić information content (AvgIpc) is 2.68.